The minimum Gasteiger partial charge on any atom is -0.502 e. The minimum atomic E-state index is -0.412. The van der Waals surface area contributed by atoms with Gasteiger partial charge in [0.25, 0.3) is 0 Å². The van der Waals surface area contributed by atoms with Crippen molar-refractivity contribution >= 4 is 5.97 Å². The molecule has 3 aliphatic rings. The third kappa shape index (κ3) is 2.60. The third-order valence-corrected chi connectivity index (χ3v) is 6.46. The van der Waals surface area contributed by atoms with E-state index in [4.69, 9.17) is 29.4 Å². The van der Waals surface area contributed by atoms with E-state index >= 15 is 0 Å². The number of aromatic hydroxyl groups is 1. The SMILES string of the molecule is COc1cc([C@@H]2c3cc4c(cc3[C@@H](CN)[C@H]3COC(=O)[C@H]23)OCO4)cc(OC)c1O. The Bertz CT molecular complexity index is 996. The largest absolute Gasteiger partial charge is 0.502 e. The van der Waals surface area contributed by atoms with Gasteiger partial charge in [-0.1, -0.05) is 0 Å². The number of nitrogens with two attached hydrogens (primary N) is 1. The van der Waals surface area contributed by atoms with E-state index in [2.05, 4.69) is 0 Å². The van der Waals surface area contributed by atoms with E-state index in [-0.39, 0.29) is 47.8 Å². The summed E-state index contributed by atoms with van der Waals surface area (Å²) in [6.45, 7) is 0.868. The third-order valence-electron chi connectivity index (χ3n) is 6.46. The number of esters is 1. The predicted octanol–water partition coefficient (Wildman–Crippen LogP) is 2.12. The summed E-state index contributed by atoms with van der Waals surface area (Å²) in [4.78, 5) is 12.8. The van der Waals surface area contributed by atoms with Gasteiger partial charge in [0.1, 0.15) is 0 Å². The average Bonchev–Trinajstić information content (AvgIpc) is 3.37. The quantitative estimate of drug-likeness (QED) is 0.734. The average molecular weight is 413 g/mol. The minimum absolute atomic E-state index is 0.0388. The first-order chi connectivity index (χ1) is 14.6. The van der Waals surface area contributed by atoms with Crippen LogP contribution in [0.2, 0.25) is 0 Å². The van der Waals surface area contributed by atoms with Gasteiger partial charge in [-0.3, -0.25) is 4.79 Å². The van der Waals surface area contributed by atoms with E-state index in [9.17, 15) is 9.90 Å². The number of phenolic OH excluding ortho intramolecular Hbond substituents is 1. The Kier molecular flexibility index (Phi) is 4.39. The van der Waals surface area contributed by atoms with Crippen LogP contribution >= 0.6 is 0 Å². The van der Waals surface area contributed by atoms with E-state index in [0.717, 1.165) is 16.7 Å². The number of hydrogen-bond acceptors (Lipinski definition) is 8. The molecule has 8 heteroatoms. The lowest BCUT2D eigenvalue weighted by atomic mass is 9.63. The van der Waals surface area contributed by atoms with Gasteiger partial charge in [0.15, 0.2) is 23.0 Å². The van der Waals surface area contributed by atoms with Crippen molar-refractivity contribution in [3.63, 3.8) is 0 Å². The van der Waals surface area contributed by atoms with Crippen molar-refractivity contribution in [2.24, 2.45) is 17.6 Å². The molecule has 0 radical (unpaired) electrons. The van der Waals surface area contributed by atoms with Gasteiger partial charge >= 0.3 is 5.97 Å². The van der Waals surface area contributed by atoms with Crippen LogP contribution in [0.3, 0.4) is 0 Å². The van der Waals surface area contributed by atoms with Crippen molar-refractivity contribution < 1.29 is 33.6 Å². The second-order valence-electron chi connectivity index (χ2n) is 7.75. The second-order valence-corrected chi connectivity index (χ2v) is 7.75. The monoisotopic (exact) mass is 413 g/mol. The van der Waals surface area contributed by atoms with Crippen molar-refractivity contribution in [2.45, 2.75) is 11.8 Å². The molecule has 1 saturated heterocycles. The second kappa shape index (κ2) is 6.98. The number of phenols is 1. The Morgan fingerprint density at radius 3 is 2.27 bits per heavy atom. The number of carbonyl (C=O) groups excluding carboxylic acids is 1. The van der Waals surface area contributed by atoms with E-state index in [0.29, 0.717) is 24.7 Å². The fraction of sp³-hybridized carbons (Fsp3) is 0.409. The van der Waals surface area contributed by atoms with Crippen LogP contribution in [0.5, 0.6) is 28.7 Å². The van der Waals surface area contributed by atoms with Crippen molar-refractivity contribution in [1.82, 2.24) is 0 Å². The van der Waals surface area contributed by atoms with E-state index < -0.39 is 5.92 Å². The summed E-state index contributed by atoms with van der Waals surface area (Å²) in [6.07, 6.45) is 0. The molecular formula is C22H23NO7. The highest BCUT2D eigenvalue weighted by Gasteiger charge is 2.52. The lowest BCUT2D eigenvalue weighted by molar-refractivity contribution is -0.141. The van der Waals surface area contributed by atoms with E-state index in [1.165, 1.54) is 14.2 Å². The maximum Gasteiger partial charge on any atom is 0.310 e. The Labute approximate surface area is 173 Å². The zero-order valence-corrected chi connectivity index (χ0v) is 16.7. The zero-order chi connectivity index (χ0) is 21.0. The van der Waals surface area contributed by atoms with Crippen molar-refractivity contribution in [1.29, 1.82) is 0 Å². The summed E-state index contributed by atoms with van der Waals surface area (Å²) in [6, 6.07) is 7.37. The Balaban J connectivity index is 1.75. The number of ether oxygens (including phenoxy) is 5. The Hall–Kier alpha value is -3.13. The first-order valence-electron chi connectivity index (χ1n) is 9.82. The number of cyclic esters (lactones) is 1. The smallest absolute Gasteiger partial charge is 0.310 e. The van der Waals surface area contributed by atoms with Crippen LogP contribution in [-0.2, 0) is 9.53 Å². The van der Waals surface area contributed by atoms with Gasteiger partial charge in [0.2, 0.25) is 12.5 Å². The molecule has 3 N–H and O–H groups in total. The molecular weight excluding hydrogens is 390 g/mol. The number of fused-ring (bicyclic) bond motifs is 3. The molecule has 1 aliphatic carbocycles. The van der Waals surface area contributed by atoms with Crippen molar-refractivity contribution in [2.75, 3.05) is 34.2 Å². The summed E-state index contributed by atoms with van der Waals surface area (Å²) in [5.74, 6) is 0.674. The Morgan fingerprint density at radius 1 is 1.03 bits per heavy atom. The first-order valence-corrected chi connectivity index (χ1v) is 9.82. The van der Waals surface area contributed by atoms with Crippen LogP contribution in [0.4, 0.5) is 0 Å². The van der Waals surface area contributed by atoms with Gasteiger partial charge in [-0.2, -0.15) is 0 Å². The number of hydrogen-bond donors (Lipinski definition) is 2. The summed E-state index contributed by atoms with van der Waals surface area (Å²) in [5.41, 5.74) is 8.89. The molecule has 0 spiro atoms. The van der Waals surface area contributed by atoms with Crippen molar-refractivity contribution in [3.05, 3.63) is 41.0 Å². The van der Waals surface area contributed by atoms with Gasteiger partial charge in [0, 0.05) is 17.8 Å². The molecule has 0 bridgehead atoms. The van der Waals surface area contributed by atoms with E-state index in [1.807, 2.05) is 12.1 Å². The molecule has 1 fully saturated rings. The molecule has 2 aromatic rings. The zero-order valence-electron chi connectivity index (χ0n) is 16.7. The number of benzene rings is 2. The number of methoxy groups -OCH3 is 2. The summed E-state index contributed by atoms with van der Waals surface area (Å²) < 4.78 is 27.4. The van der Waals surface area contributed by atoms with Gasteiger partial charge in [-0.25, -0.2) is 0 Å². The van der Waals surface area contributed by atoms with E-state index in [1.54, 1.807) is 12.1 Å². The Morgan fingerprint density at radius 2 is 1.67 bits per heavy atom. The molecule has 8 nitrogen and oxygen atoms in total. The van der Waals surface area contributed by atoms with Gasteiger partial charge in [0.05, 0.1) is 26.7 Å². The molecule has 4 atom stereocenters. The molecule has 5 rings (SSSR count). The van der Waals surface area contributed by atoms with Crippen molar-refractivity contribution in [3.8, 4) is 28.7 Å². The lowest BCUT2D eigenvalue weighted by Crippen LogP contribution is -2.37. The maximum atomic E-state index is 12.8. The lowest BCUT2D eigenvalue weighted by Gasteiger charge is -2.38. The van der Waals surface area contributed by atoms with Crippen LogP contribution < -0.4 is 24.7 Å². The van der Waals surface area contributed by atoms with Crippen LogP contribution in [0.1, 0.15) is 28.5 Å². The maximum absolute atomic E-state index is 12.8. The molecule has 0 saturated carbocycles. The van der Waals surface area contributed by atoms with Crippen LogP contribution in [0.15, 0.2) is 24.3 Å². The topological polar surface area (TPSA) is 109 Å². The molecule has 0 aromatic heterocycles. The molecule has 2 aromatic carbocycles. The summed E-state index contributed by atoms with van der Waals surface area (Å²) in [7, 11) is 2.95. The number of carbonyl (C=O) groups is 1. The molecule has 2 aliphatic heterocycles. The highest BCUT2D eigenvalue weighted by molar-refractivity contribution is 5.79. The van der Waals surface area contributed by atoms with Crippen LogP contribution in [0, 0.1) is 11.8 Å². The molecule has 0 unspecified atom stereocenters. The molecule has 158 valence electrons. The van der Waals surface area contributed by atoms with Gasteiger partial charge < -0.3 is 34.5 Å². The molecule has 30 heavy (non-hydrogen) atoms. The standard InChI is InChI=1S/C22H23NO7/c1-26-17-3-10(4-18(27-2)21(17)24)19-12-6-16-15(29-9-30-16)5-11(12)13(7-23)14-8-28-22(25)20(14)19/h3-6,13-14,19-20,24H,7-9,23H2,1-2H3/t13-,14-,19-,20+/m1/s1. The predicted molar refractivity (Wildman–Crippen MR) is 105 cm³/mol. The summed E-state index contributed by atoms with van der Waals surface area (Å²) in [5, 5.41) is 10.4. The number of rotatable bonds is 4. The van der Waals surface area contributed by atoms with Gasteiger partial charge in [-0.15, -0.1) is 0 Å². The molecule has 0 amide bonds. The first kappa shape index (κ1) is 18.9. The normalized spacial score (nSPS) is 26.0. The highest BCUT2D eigenvalue weighted by atomic mass is 16.7. The fourth-order valence-corrected chi connectivity index (χ4v) is 5.07. The fourth-order valence-electron chi connectivity index (χ4n) is 5.07. The van der Waals surface area contributed by atoms with Crippen LogP contribution in [0.25, 0.3) is 0 Å². The highest BCUT2D eigenvalue weighted by Crippen LogP contribution is 2.55. The van der Waals surface area contributed by atoms with Crippen LogP contribution in [-0.4, -0.2) is 45.2 Å². The van der Waals surface area contributed by atoms with Gasteiger partial charge in [-0.05, 0) is 47.5 Å². The molecule has 2 heterocycles. The summed E-state index contributed by atoms with van der Waals surface area (Å²) >= 11 is 0.